The fourth-order valence-corrected chi connectivity index (χ4v) is 3.73. The molecule has 0 atom stereocenters. The lowest BCUT2D eigenvalue weighted by atomic mass is 9.90. The fraction of sp³-hybridized carbons (Fsp3) is 0.250. The van der Waals surface area contributed by atoms with E-state index in [-0.39, 0.29) is 5.91 Å². The van der Waals surface area contributed by atoms with Crippen LogP contribution in [0, 0.1) is 17.2 Å². The summed E-state index contributed by atoms with van der Waals surface area (Å²) in [6.45, 7) is 1.51. The van der Waals surface area contributed by atoms with Gasteiger partial charge in [-0.15, -0.1) is 0 Å². The number of carbonyl (C=O) groups is 1. The highest BCUT2D eigenvalue weighted by molar-refractivity contribution is 5.92. The Bertz CT molecular complexity index is 1020. The number of nitrogens with one attached hydrogen (secondary N) is 1. The second-order valence-corrected chi connectivity index (χ2v) is 7.53. The molecule has 1 saturated heterocycles. The Morgan fingerprint density at radius 3 is 2.40 bits per heavy atom. The predicted octanol–water partition coefficient (Wildman–Crippen LogP) is 4.19. The molecule has 6 nitrogen and oxygen atoms in total. The van der Waals surface area contributed by atoms with E-state index in [0.29, 0.717) is 23.0 Å². The summed E-state index contributed by atoms with van der Waals surface area (Å²) >= 11 is 0. The second kappa shape index (κ2) is 9.19. The minimum atomic E-state index is -0.0643. The number of benzene rings is 2. The van der Waals surface area contributed by atoms with Crippen molar-refractivity contribution in [3.8, 4) is 6.07 Å². The van der Waals surface area contributed by atoms with Crippen LogP contribution in [-0.4, -0.2) is 33.9 Å². The molecule has 150 valence electrons. The molecule has 0 unspecified atom stereocenters. The number of carbonyl (C=O) groups excluding carboxylic acids is 1. The highest BCUT2D eigenvalue weighted by atomic mass is 16.2. The van der Waals surface area contributed by atoms with Gasteiger partial charge in [0.05, 0.1) is 24.0 Å². The van der Waals surface area contributed by atoms with E-state index < -0.39 is 0 Å². The molecule has 1 amide bonds. The van der Waals surface area contributed by atoms with Gasteiger partial charge in [-0.2, -0.15) is 5.26 Å². The first kappa shape index (κ1) is 19.6. The molecule has 0 saturated carbocycles. The third-order valence-electron chi connectivity index (χ3n) is 5.43. The molecule has 2 heterocycles. The summed E-state index contributed by atoms with van der Waals surface area (Å²) in [7, 11) is 0. The minimum absolute atomic E-state index is 0.0643. The zero-order chi connectivity index (χ0) is 20.8. The molecule has 0 bridgehead atoms. The summed E-state index contributed by atoms with van der Waals surface area (Å²) in [5.74, 6) is 1.10. The largest absolute Gasteiger partial charge is 0.339 e. The van der Waals surface area contributed by atoms with Crippen molar-refractivity contribution in [2.75, 3.05) is 18.4 Å². The number of hydrogen-bond donors (Lipinski definition) is 1. The van der Waals surface area contributed by atoms with Crippen molar-refractivity contribution in [2.45, 2.75) is 19.3 Å². The molecule has 1 aromatic heterocycles. The molecule has 2 aromatic carbocycles. The summed E-state index contributed by atoms with van der Waals surface area (Å²) in [4.78, 5) is 23.3. The fourth-order valence-electron chi connectivity index (χ4n) is 3.73. The number of amides is 1. The van der Waals surface area contributed by atoms with Gasteiger partial charge in [0.1, 0.15) is 11.5 Å². The highest BCUT2D eigenvalue weighted by Crippen LogP contribution is 2.23. The van der Waals surface area contributed by atoms with Crippen LogP contribution in [0.15, 0.2) is 67.0 Å². The second-order valence-electron chi connectivity index (χ2n) is 7.53. The van der Waals surface area contributed by atoms with E-state index in [1.54, 1.807) is 30.5 Å². The maximum absolute atomic E-state index is 12.8. The zero-order valence-electron chi connectivity index (χ0n) is 16.7. The van der Waals surface area contributed by atoms with Crippen LogP contribution >= 0.6 is 0 Å². The van der Waals surface area contributed by atoms with E-state index >= 15 is 0 Å². The molecule has 0 radical (unpaired) electrons. The van der Waals surface area contributed by atoms with Gasteiger partial charge in [0.15, 0.2) is 0 Å². The molecule has 6 heteroatoms. The van der Waals surface area contributed by atoms with Gasteiger partial charge in [0.25, 0.3) is 5.91 Å². The number of anilines is 2. The van der Waals surface area contributed by atoms with E-state index in [1.807, 2.05) is 11.0 Å². The molecule has 1 aliphatic rings. The molecule has 1 aliphatic heterocycles. The first-order chi connectivity index (χ1) is 14.7. The third-order valence-corrected chi connectivity index (χ3v) is 5.43. The van der Waals surface area contributed by atoms with Gasteiger partial charge < -0.3 is 10.2 Å². The number of nitrogens with zero attached hydrogens (tertiary/aromatic N) is 4. The first-order valence-electron chi connectivity index (χ1n) is 10.1. The minimum Gasteiger partial charge on any atom is -0.339 e. The van der Waals surface area contributed by atoms with Crippen LogP contribution in [-0.2, 0) is 6.42 Å². The quantitative estimate of drug-likeness (QED) is 0.698. The van der Waals surface area contributed by atoms with Crippen LogP contribution in [0.25, 0.3) is 0 Å². The summed E-state index contributed by atoms with van der Waals surface area (Å²) in [6, 6.07) is 19.7. The maximum atomic E-state index is 12.8. The van der Waals surface area contributed by atoms with Crippen LogP contribution in [0.5, 0.6) is 0 Å². The van der Waals surface area contributed by atoms with Gasteiger partial charge in [0, 0.05) is 18.8 Å². The summed E-state index contributed by atoms with van der Waals surface area (Å²) in [5, 5.41) is 12.0. The van der Waals surface area contributed by atoms with Crippen LogP contribution in [0.4, 0.5) is 11.5 Å². The average molecular weight is 397 g/mol. The summed E-state index contributed by atoms with van der Waals surface area (Å²) < 4.78 is 0. The lowest BCUT2D eigenvalue weighted by Crippen LogP contribution is -2.39. The van der Waals surface area contributed by atoms with Crippen molar-refractivity contribution in [3.63, 3.8) is 0 Å². The summed E-state index contributed by atoms with van der Waals surface area (Å²) in [5.41, 5.74) is 3.13. The maximum Gasteiger partial charge on any atom is 0.274 e. The number of hydrogen-bond acceptors (Lipinski definition) is 5. The Kier molecular flexibility index (Phi) is 6.00. The molecular weight excluding hydrogens is 374 g/mol. The predicted molar refractivity (Wildman–Crippen MR) is 115 cm³/mol. The monoisotopic (exact) mass is 397 g/mol. The van der Waals surface area contributed by atoms with Crippen molar-refractivity contribution in [3.05, 3.63) is 83.8 Å². The Labute approximate surface area is 176 Å². The van der Waals surface area contributed by atoms with E-state index in [0.717, 1.165) is 38.0 Å². The summed E-state index contributed by atoms with van der Waals surface area (Å²) in [6.07, 6.45) is 6.16. The van der Waals surface area contributed by atoms with Gasteiger partial charge in [-0.1, -0.05) is 30.3 Å². The smallest absolute Gasteiger partial charge is 0.274 e. The molecule has 4 rings (SSSR count). The van der Waals surface area contributed by atoms with Gasteiger partial charge in [-0.25, -0.2) is 9.97 Å². The van der Waals surface area contributed by atoms with E-state index in [1.165, 1.54) is 11.8 Å². The van der Waals surface area contributed by atoms with Crippen LogP contribution in [0.1, 0.15) is 34.5 Å². The molecule has 0 aliphatic carbocycles. The zero-order valence-corrected chi connectivity index (χ0v) is 16.7. The topological polar surface area (TPSA) is 81.9 Å². The van der Waals surface area contributed by atoms with E-state index in [4.69, 9.17) is 5.26 Å². The normalized spacial score (nSPS) is 14.2. The standard InChI is InChI=1S/C24H23N5O/c25-15-20-6-8-21(9-7-20)28-23-17-26-22(16-27-23)24(30)29-12-10-19(11-13-29)14-18-4-2-1-3-5-18/h1-9,16-17,19H,10-14H2,(H,27,28). The number of aromatic nitrogens is 2. The molecule has 1 N–H and O–H groups in total. The molecule has 1 fully saturated rings. The molecule has 30 heavy (non-hydrogen) atoms. The van der Waals surface area contributed by atoms with Gasteiger partial charge in [0.2, 0.25) is 0 Å². The number of likely N-dealkylation sites (tertiary alicyclic amines) is 1. The average Bonchev–Trinajstić information content (AvgIpc) is 2.81. The first-order valence-corrected chi connectivity index (χ1v) is 10.1. The number of rotatable bonds is 5. The van der Waals surface area contributed by atoms with Crippen LogP contribution < -0.4 is 5.32 Å². The van der Waals surface area contributed by atoms with Crippen LogP contribution in [0.3, 0.4) is 0 Å². The Hall–Kier alpha value is -3.72. The SMILES string of the molecule is N#Cc1ccc(Nc2cnc(C(=O)N3CCC(Cc4ccccc4)CC3)cn2)cc1. The molecular formula is C24H23N5O. The number of piperidine rings is 1. The van der Waals surface area contributed by atoms with Crippen molar-refractivity contribution in [1.82, 2.24) is 14.9 Å². The molecule has 0 spiro atoms. The Morgan fingerprint density at radius 2 is 1.77 bits per heavy atom. The molecule has 3 aromatic rings. The van der Waals surface area contributed by atoms with Crippen molar-refractivity contribution >= 4 is 17.4 Å². The van der Waals surface area contributed by atoms with Crippen molar-refractivity contribution < 1.29 is 4.79 Å². The van der Waals surface area contributed by atoms with Gasteiger partial charge in [-0.05, 0) is 55.0 Å². The van der Waals surface area contributed by atoms with Crippen molar-refractivity contribution in [2.24, 2.45) is 5.92 Å². The third kappa shape index (κ3) is 4.81. The van der Waals surface area contributed by atoms with Crippen LogP contribution in [0.2, 0.25) is 0 Å². The van der Waals surface area contributed by atoms with E-state index in [9.17, 15) is 4.79 Å². The Balaban J connectivity index is 1.31. The number of nitriles is 1. The van der Waals surface area contributed by atoms with E-state index in [2.05, 4.69) is 45.6 Å². The van der Waals surface area contributed by atoms with Gasteiger partial charge in [-0.3, -0.25) is 4.79 Å². The van der Waals surface area contributed by atoms with Crippen molar-refractivity contribution in [1.29, 1.82) is 5.26 Å². The highest BCUT2D eigenvalue weighted by Gasteiger charge is 2.24. The van der Waals surface area contributed by atoms with Gasteiger partial charge >= 0.3 is 0 Å². The lowest BCUT2D eigenvalue weighted by Gasteiger charge is -2.31. The Morgan fingerprint density at radius 1 is 1.03 bits per heavy atom. The lowest BCUT2D eigenvalue weighted by molar-refractivity contribution is 0.0684.